The van der Waals surface area contributed by atoms with Gasteiger partial charge < -0.3 is 14.7 Å². The number of benzene rings is 1. The van der Waals surface area contributed by atoms with Gasteiger partial charge in [-0.05, 0) is 24.6 Å². The van der Waals surface area contributed by atoms with Crippen molar-refractivity contribution >= 4 is 17.1 Å². The average molecular weight is 471 g/mol. The molecule has 2 saturated heterocycles. The van der Waals surface area contributed by atoms with Crippen molar-refractivity contribution in [2.75, 3.05) is 40.3 Å². The van der Waals surface area contributed by atoms with Gasteiger partial charge in [-0.1, -0.05) is 12.1 Å². The molecule has 8 nitrogen and oxygen atoms in total. The number of fused-ring (bicyclic) bond motifs is 1. The van der Waals surface area contributed by atoms with Crippen molar-refractivity contribution in [1.82, 2.24) is 18.5 Å². The van der Waals surface area contributed by atoms with Crippen molar-refractivity contribution < 1.29 is 18.8 Å². The van der Waals surface area contributed by atoms with Gasteiger partial charge in [0.2, 0.25) is 0 Å². The molecular weight excluding hydrogens is 440 g/mol. The molecule has 2 unspecified atom stereocenters. The molecule has 0 radical (unpaired) electrons. The van der Waals surface area contributed by atoms with E-state index < -0.39 is 17.3 Å². The number of rotatable bonds is 4. The van der Waals surface area contributed by atoms with Crippen molar-refractivity contribution in [2.24, 2.45) is 0 Å². The molecule has 0 bridgehead atoms. The maximum Gasteiger partial charge on any atom is 0.253 e. The Labute approximate surface area is 196 Å². The van der Waals surface area contributed by atoms with E-state index in [1.807, 2.05) is 42.7 Å². The lowest BCUT2D eigenvalue weighted by atomic mass is 9.88. The van der Waals surface area contributed by atoms with Crippen molar-refractivity contribution in [3.05, 3.63) is 47.7 Å². The fraction of sp³-hybridized carbons (Fsp3) is 0.500. The smallest absolute Gasteiger partial charge is 0.253 e. The Kier molecular flexibility index (Phi) is 5.98. The van der Waals surface area contributed by atoms with E-state index in [-0.39, 0.29) is 11.5 Å². The Hall–Kier alpha value is -2.33. The molecule has 4 heterocycles. The topological polar surface area (TPSA) is 86.2 Å². The van der Waals surface area contributed by atoms with Gasteiger partial charge in [0.15, 0.2) is 11.2 Å². The van der Waals surface area contributed by atoms with Crippen LogP contribution in [-0.2, 0) is 17.6 Å². The molecule has 9 heteroatoms. The molecule has 1 N–H and O–H groups in total. The Balaban J connectivity index is 1.26. The predicted octanol–water partition coefficient (Wildman–Crippen LogP) is 1.87. The summed E-state index contributed by atoms with van der Waals surface area (Å²) in [5.41, 5.74) is 3.34. The summed E-state index contributed by atoms with van der Waals surface area (Å²) < 4.78 is 22.4. The Bertz CT molecular complexity index is 1070. The number of aliphatic hydroxyl groups excluding tert-OH is 1. The standard InChI is InChI=1S/C24H30N4O4S/c1-26(2)33(31)28-11-8-24(9-12-28)14-19-13-21(25-15-22(19)32-24)17-3-5-18(6-4-17)23(30)27-10-7-20(29)16-27/h3-6,13,15,20,29H,7-12,14,16H2,1-2H3. The zero-order valence-corrected chi connectivity index (χ0v) is 19.9. The van der Waals surface area contributed by atoms with E-state index in [1.54, 1.807) is 15.4 Å². The molecule has 2 aromatic rings. The van der Waals surface area contributed by atoms with Crippen molar-refractivity contribution in [3.8, 4) is 17.0 Å². The molecule has 0 saturated carbocycles. The first-order valence-electron chi connectivity index (χ1n) is 11.4. The second kappa shape index (κ2) is 8.79. The van der Waals surface area contributed by atoms with E-state index in [4.69, 9.17) is 4.74 Å². The quantitative estimate of drug-likeness (QED) is 0.737. The number of aromatic nitrogens is 1. The van der Waals surface area contributed by atoms with Crippen LogP contribution in [0.25, 0.3) is 11.3 Å². The number of aliphatic hydroxyl groups is 1. The number of carbonyl (C=O) groups is 1. The molecule has 2 fully saturated rings. The second-order valence-electron chi connectivity index (χ2n) is 9.38. The molecular formula is C24H30N4O4S. The van der Waals surface area contributed by atoms with Gasteiger partial charge in [-0.15, -0.1) is 0 Å². The highest BCUT2D eigenvalue weighted by molar-refractivity contribution is 7.80. The highest BCUT2D eigenvalue weighted by Crippen LogP contribution is 2.42. The van der Waals surface area contributed by atoms with Gasteiger partial charge in [-0.3, -0.25) is 9.78 Å². The number of nitrogens with zero attached hydrogens (tertiary/aromatic N) is 4. The van der Waals surface area contributed by atoms with Gasteiger partial charge in [-0.25, -0.2) is 12.8 Å². The number of hydrogen-bond donors (Lipinski definition) is 1. The third-order valence-electron chi connectivity index (χ3n) is 6.83. The van der Waals surface area contributed by atoms with Crippen molar-refractivity contribution in [1.29, 1.82) is 0 Å². The van der Waals surface area contributed by atoms with E-state index in [1.165, 1.54) is 0 Å². The minimum atomic E-state index is -1.10. The zero-order valence-electron chi connectivity index (χ0n) is 19.1. The third kappa shape index (κ3) is 4.42. The number of hydrogen-bond acceptors (Lipinski definition) is 5. The van der Waals surface area contributed by atoms with Crippen LogP contribution in [0.1, 0.15) is 35.2 Å². The third-order valence-corrected chi connectivity index (χ3v) is 8.26. The number of carbonyl (C=O) groups excluding carboxylic acids is 1. The number of β-amino-alcohol motifs (C(OH)–C–C–N with tert-alkyl or cyclic N) is 1. The van der Waals surface area contributed by atoms with E-state index in [0.29, 0.717) is 25.1 Å². The van der Waals surface area contributed by atoms with E-state index in [9.17, 15) is 14.1 Å². The van der Waals surface area contributed by atoms with Crippen molar-refractivity contribution in [3.63, 3.8) is 0 Å². The number of pyridine rings is 1. The molecule has 1 spiro atoms. The Morgan fingerprint density at radius 3 is 2.58 bits per heavy atom. The molecule has 1 aromatic carbocycles. The largest absolute Gasteiger partial charge is 0.485 e. The van der Waals surface area contributed by atoms with E-state index in [2.05, 4.69) is 11.1 Å². The molecule has 5 rings (SSSR count). The first-order valence-corrected chi connectivity index (χ1v) is 12.5. The molecule has 3 aliphatic heterocycles. The molecule has 1 amide bonds. The normalized spacial score (nSPS) is 23.0. The predicted molar refractivity (Wildman–Crippen MR) is 126 cm³/mol. The summed E-state index contributed by atoms with van der Waals surface area (Å²) in [5.74, 6) is 0.789. The maximum absolute atomic E-state index is 12.6. The summed E-state index contributed by atoms with van der Waals surface area (Å²) in [6.45, 7) is 2.47. The summed E-state index contributed by atoms with van der Waals surface area (Å²) in [6.07, 6.45) is 4.51. The summed E-state index contributed by atoms with van der Waals surface area (Å²) in [5, 5.41) is 9.69. The fourth-order valence-electron chi connectivity index (χ4n) is 4.94. The SMILES string of the molecule is CN(C)S(=O)N1CCC2(CC1)Cc1cc(-c3ccc(C(=O)N4CCC(O)C4)cc3)ncc1O2. The molecule has 176 valence electrons. The summed E-state index contributed by atoms with van der Waals surface area (Å²) >= 11 is -1.10. The number of amides is 1. The van der Waals surface area contributed by atoms with Crippen molar-refractivity contribution in [2.45, 2.75) is 37.4 Å². The lowest BCUT2D eigenvalue weighted by Crippen LogP contribution is -2.49. The van der Waals surface area contributed by atoms with Crippen LogP contribution in [0.4, 0.5) is 0 Å². The van der Waals surface area contributed by atoms with Gasteiger partial charge >= 0.3 is 0 Å². The highest BCUT2D eigenvalue weighted by Gasteiger charge is 2.43. The summed E-state index contributed by atoms with van der Waals surface area (Å²) in [4.78, 5) is 18.9. The second-order valence-corrected chi connectivity index (χ2v) is 11.1. The maximum atomic E-state index is 12.6. The van der Waals surface area contributed by atoms with Gasteiger partial charge in [0.05, 0.1) is 18.0 Å². The fourth-order valence-corrected chi connectivity index (χ4v) is 5.90. The summed E-state index contributed by atoms with van der Waals surface area (Å²) in [7, 11) is 3.66. The molecule has 2 atom stereocenters. The minimum absolute atomic E-state index is 0.0445. The monoisotopic (exact) mass is 470 g/mol. The van der Waals surface area contributed by atoms with Gasteiger partial charge in [0.25, 0.3) is 5.91 Å². The number of ether oxygens (including phenoxy) is 1. The van der Waals surface area contributed by atoms with Crippen LogP contribution in [0.15, 0.2) is 36.5 Å². The van der Waals surface area contributed by atoms with Gasteiger partial charge in [-0.2, -0.15) is 0 Å². The van der Waals surface area contributed by atoms with Crippen LogP contribution >= 0.6 is 0 Å². The van der Waals surface area contributed by atoms with E-state index in [0.717, 1.165) is 54.9 Å². The molecule has 33 heavy (non-hydrogen) atoms. The van der Waals surface area contributed by atoms with Gasteiger partial charge in [0, 0.05) is 76.2 Å². The number of likely N-dealkylation sites (tertiary alicyclic amines) is 1. The van der Waals surface area contributed by atoms with Crippen LogP contribution in [0.2, 0.25) is 0 Å². The lowest BCUT2D eigenvalue weighted by molar-refractivity contribution is 0.0408. The van der Waals surface area contributed by atoms with Gasteiger partial charge in [0.1, 0.15) is 11.4 Å². The Morgan fingerprint density at radius 1 is 1.21 bits per heavy atom. The molecule has 1 aromatic heterocycles. The van der Waals surface area contributed by atoms with E-state index >= 15 is 0 Å². The van der Waals surface area contributed by atoms with Crippen LogP contribution in [-0.4, -0.2) is 85.7 Å². The van der Waals surface area contributed by atoms with Crippen LogP contribution < -0.4 is 4.74 Å². The molecule has 3 aliphatic rings. The first kappa shape index (κ1) is 22.5. The van der Waals surface area contributed by atoms with Crippen LogP contribution in [0.5, 0.6) is 5.75 Å². The number of piperidine rings is 1. The summed E-state index contributed by atoms with van der Waals surface area (Å²) in [6, 6.07) is 9.60. The lowest BCUT2D eigenvalue weighted by Gasteiger charge is -2.38. The van der Waals surface area contributed by atoms with Crippen LogP contribution in [0, 0.1) is 0 Å². The highest BCUT2D eigenvalue weighted by atomic mass is 32.2. The van der Waals surface area contributed by atoms with Crippen LogP contribution in [0.3, 0.4) is 0 Å². The Morgan fingerprint density at radius 2 is 1.94 bits per heavy atom. The minimum Gasteiger partial charge on any atom is -0.485 e. The average Bonchev–Trinajstić information content (AvgIpc) is 3.41. The molecule has 0 aliphatic carbocycles. The first-order chi connectivity index (χ1) is 15.8. The zero-order chi connectivity index (χ0) is 23.2.